The molecule has 3 rings (SSSR count). The Hall–Kier alpha value is -2.52. The number of nitrogens with one attached hydrogen (secondary N) is 2. The molecule has 2 aromatic carbocycles. The lowest BCUT2D eigenvalue weighted by molar-refractivity contribution is 0.103. The van der Waals surface area contributed by atoms with E-state index < -0.39 is 10.0 Å². The van der Waals surface area contributed by atoms with Gasteiger partial charge in [-0.25, -0.2) is 18.1 Å². The van der Waals surface area contributed by atoms with Crippen molar-refractivity contribution in [2.24, 2.45) is 0 Å². The minimum absolute atomic E-state index is 0.148. The maximum Gasteiger partial charge on any atom is 0.267 e. The fraction of sp³-hybridized carbons (Fsp3) is 0.100. The van der Waals surface area contributed by atoms with E-state index in [9.17, 15) is 13.2 Å². The van der Waals surface area contributed by atoms with Crippen molar-refractivity contribution in [2.75, 3.05) is 11.9 Å². The van der Waals surface area contributed by atoms with E-state index in [2.05, 4.69) is 21.6 Å². The summed E-state index contributed by atoms with van der Waals surface area (Å²) in [5.74, 6) is -0.445. The maximum atomic E-state index is 12.5. The first-order chi connectivity index (χ1) is 13.9. The fourth-order valence-corrected chi connectivity index (χ4v) is 4.71. The normalized spacial score (nSPS) is 11.2. The maximum absolute atomic E-state index is 12.5. The molecule has 0 bridgehead atoms. The van der Waals surface area contributed by atoms with Crippen LogP contribution in [-0.2, 0) is 15.8 Å². The number of aromatic nitrogens is 1. The number of benzene rings is 2. The highest BCUT2D eigenvalue weighted by Crippen LogP contribution is 2.31. The molecule has 0 aliphatic heterocycles. The standard InChI is InChI=1S/C20H18ClN3O3S2/c1-2-11-23-29(26,27)13-14-7-9-15(10-8-14)24-19(25)18-12-22-20(28-18)16-5-3-4-6-17(16)21/h2-10,12,23H,1,11,13H2,(H,24,25). The number of hydrogen-bond donors (Lipinski definition) is 2. The third kappa shape index (κ3) is 5.74. The highest BCUT2D eigenvalue weighted by Gasteiger charge is 2.14. The molecule has 0 unspecified atom stereocenters. The Bertz CT molecular complexity index is 1130. The number of sulfonamides is 1. The Morgan fingerprint density at radius 2 is 1.90 bits per heavy atom. The van der Waals surface area contributed by atoms with Crippen LogP contribution in [0.25, 0.3) is 10.6 Å². The smallest absolute Gasteiger partial charge is 0.267 e. The van der Waals surface area contributed by atoms with Gasteiger partial charge in [-0.05, 0) is 23.8 Å². The Morgan fingerprint density at radius 3 is 2.59 bits per heavy atom. The van der Waals surface area contributed by atoms with Crippen LogP contribution in [0.2, 0.25) is 5.02 Å². The molecule has 1 aromatic heterocycles. The molecule has 0 aliphatic carbocycles. The number of hydrogen-bond acceptors (Lipinski definition) is 5. The number of anilines is 1. The van der Waals surface area contributed by atoms with Gasteiger partial charge in [0, 0.05) is 17.8 Å². The average Bonchev–Trinajstić information content (AvgIpc) is 3.18. The molecule has 0 spiro atoms. The lowest BCUT2D eigenvalue weighted by Gasteiger charge is -2.07. The lowest BCUT2D eigenvalue weighted by Crippen LogP contribution is -2.25. The van der Waals surface area contributed by atoms with E-state index in [1.54, 1.807) is 30.3 Å². The Kier molecular flexibility index (Phi) is 6.81. The van der Waals surface area contributed by atoms with Gasteiger partial charge in [-0.15, -0.1) is 17.9 Å². The Balaban J connectivity index is 1.66. The number of halogens is 1. The van der Waals surface area contributed by atoms with Crippen molar-refractivity contribution in [3.63, 3.8) is 0 Å². The second kappa shape index (κ2) is 9.32. The van der Waals surface area contributed by atoms with Crippen LogP contribution in [0.3, 0.4) is 0 Å². The molecule has 3 aromatic rings. The molecule has 0 saturated heterocycles. The zero-order valence-corrected chi connectivity index (χ0v) is 17.7. The van der Waals surface area contributed by atoms with Crippen LogP contribution in [0, 0.1) is 0 Å². The zero-order valence-electron chi connectivity index (χ0n) is 15.3. The Labute approximate surface area is 178 Å². The molecule has 2 N–H and O–H groups in total. The van der Waals surface area contributed by atoms with E-state index >= 15 is 0 Å². The summed E-state index contributed by atoms with van der Waals surface area (Å²) in [7, 11) is -3.43. The number of carbonyl (C=O) groups excluding carboxylic acids is 1. The summed E-state index contributed by atoms with van der Waals surface area (Å²) >= 11 is 7.42. The zero-order chi connectivity index (χ0) is 20.9. The first-order valence-corrected chi connectivity index (χ1v) is 11.4. The summed E-state index contributed by atoms with van der Waals surface area (Å²) in [6.45, 7) is 3.66. The van der Waals surface area contributed by atoms with Gasteiger partial charge < -0.3 is 5.32 Å². The molecule has 0 atom stereocenters. The van der Waals surface area contributed by atoms with Crippen LogP contribution in [0.4, 0.5) is 5.69 Å². The van der Waals surface area contributed by atoms with E-state index in [-0.39, 0.29) is 18.2 Å². The number of nitrogens with zero attached hydrogens (tertiary/aromatic N) is 1. The van der Waals surface area contributed by atoms with Gasteiger partial charge >= 0.3 is 0 Å². The monoisotopic (exact) mass is 447 g/mol. The van der Waals surface area contributed by atoms with Gasteiger partial charge in [-0.1, -0.05) is 48.0 Å². The quantitative estimate of drug-likeness (QED) is 0.503. The lowest BCUT2D eigenvalue weighted by atomic mass is 10.2. The molecule has 1 amide bonds. The van der Waals surface area contributed by atoms with Gasteiger partial charge in [0.25, 0.3) is 5.91 Å². The van der Waals surface area contributed by atoms with Gasteiger partial charge in [-0.3, -0.25) is 4.79 Å². The van der Waals surface area contributed by atoms with Crippen LogP contribution in [0.1, 0.15) is 15.2 Å². The van der Waals surface area contributed by atoms with Crippen LogP contribution >= 0.6 is 22.9 Å². The van der Waals surface area contributed by atoms with Crippen LogP contribution in [-0.4, -0.2) is 25.9 Å². The molecular weight excluding hydrogens is 430 g/mol. The topological polar surface area (TPSA) is 88.2 Å². The van der Waals surface area contributed by atoms with Crippen LogP contribution in [0.15, 0.2) is 67.4 Å². The molecular formula is C20H18ClN3O3S2. The van der Waals surface area contributed by atoms with E-state index in [1.807, 2.05) is 18.2 Å². The minimum atomic E-state index is -3.43. The number of carbonyl (C=O) groups is 1. The fourth-order valence-electron chi connectivity index (χ4n) is 2.47. The average molecular weight is 448 g/mol. The summed E-state index contributed by atoms with van der Waals surface area (Å²) in [6, 6.07) is 13.9. The molecule has 6 nitrogen and oxygen atoms in total. The summed E-state index contributed by atoms with van der Waals surface area (Å²) in [6.07, 6.45) is 2.98. The van der Waals surface area contributed by atoms with E-state index in [4.69, 9.17) is 11.6 Å². The molecule has 0 saturated carbocycles. The SMILES string of the molecule is C=CCNS(=O)(=O)Cc1ccc(NC(=O)c2cnc(-c3ccccc3Cl)s2)cc1. The third-order valence-corrected chi connectivity index (χ3v) is 6.53. The van der Waals surface area contributed by atoms with Crippen molar-refractivity contribution in [3.05, 3.63) is 82.8 Å². The van der Waals surface area contributed by atoms with E-state index in [0.717, 1.165) is 5.56 Å². The Morgan fingerprint density at radius 1 is 1.17 bits per heavy atom. The van der Waals surface area contributed by atoms with E-state index in [0.29, 0.717) is 26.2 Å². The predicted molar refractivity (Wildman–Crippen MR) is 118 cm³/mol. The molecule has 0 radical (unpaired) electrons. The molecule has 0 aliphatic rings. The summed E-state index contributed by atoms with van der Waals surface area (Å²) in [5, 5.41) is 4.01. The van der Waals surface area contributed by atoms with Gasteiger partial charge in [0.2, 0.25) is 10.0 Å². The van der Waals surface area contributed by atoms with Crippen molar-refractivity contribution in [2.45, 2.75) is 5.75 Å². The number of amides is 1. The highest BCUT2D eigenvalue weighted by atomic mass is 35.5. The second-order valence-electron chi connectivity index (χ2n) is 6.06. The molecule has 1 heterocycles. The van der Waals surface area contributed by atoms with Crippen molar-refractivity contribution < 1.29 is 13.2 Å². The molecule has 0 fully saturated rings. The summed E-state index contributed by atoms with van der Waals surface area (Å²) < 4.78 is 26.2. The van der Waals surface area contributed by atoms with Crippen LogP contribution < -0.4 is 10.0 Å². The van der Waals surface area contributed by atoms with Gasteiger partial charge in [0.15, 0.2) is 0 Å². The summed E-state index contributed by atoms with van der Waals surface area (Å²) in [5.41, 5.74) is 1.94. The number of thiazole rings is 1. The van der Waals surface area contributed by atoms with Crippen molar-refractivity contribution in [1.29, 1.82) is 0 Å². The first kappa shape index (κ1) is 21.2. The third-order valence-electron chi connectivity index (χ3n) is 3.85. The van der Waals surface area contributed by atoms with Crippen molar-refractivity contribution in [3.8, 4) is 10.6 Å². The molecule has 150 valence electrons. The van der Waals surface area contributed by atoms with Gasteiger partial charge in [0.05, 0.1) is 17.0 Å². The molecule has 29 heavy (non-hydrogen) atoms. The predicted octanol–water partition coefficient (Wildman–Crippen LogP) is 4.32. The minimum Gasteiger partial charge on any atom is -0.321 e. The second-order valence-corrected chi connectivity index (χ2v) is 9.30. The first-order valence-electron chi connectivity index (χ1n) is 8.57. The largest absolute Gasteiger partial charge is 0.321 e. The van der Waals surface area contributed by atoms with E-state index in [1.165, 1.54) is 23.6 Å². The summed E-state index contributed by atoms with van der Waals surface area (Å²) in [4.78, 5) is 17.2. The number of rotatable bonds is 8. The molecule has 9 heteroatoms. The van der Waals surface area contributed by atoms with Crippen LogP contribution in [0.5, 0.6) is 0 Å². The van der Waals surface area contributed by atoms with Gasteiger partial charge in [-0.2, -0.15) is 0 Å². The van der Waals surface area contributed by atoms with Crippen molar-refractivity contribution >= 4 is 44.6 Å². The van der Waals surface area contributed by atoms with Crippen molar-refractivity contribution in [1.82, 2.24) is 9.71 Å². The highest BCUT2D eigenvalue weighted by molar-refractivity contribution is 7.88. The van der Waals surface area contributed by atoms with Gasteiger partial charge in [0.1, 0.15) is 9.88 Å².